The van der Waals surface area contributed by atoms with Crippen LogP contribution in [0, 0.1) is 5.41 Å². The van der Waals surface area contributed by atoms with E-state index in [1.807, 2.05) is 24.3 Å². The first-order chi connectivity index (χ1) is 8.24. The Labute approximate surface area is 111 Å². The molecule has 2 nitrogen and oxygen atoms in total. The van der Waals surface area contributed by atoms with Crippen molar-refractivity contribution in [1.82, 2.24) is 5.32 Å². The molecule has 0 heterocycles. The topological polar surface area (TPSA) is 32.3 Å². The molecule has 1 aromatic carbocycles. The molecule has 100 valence electrons. The Morgan fingerprint density at radius 3 is 2.44 bits per heavy atom. The second-order valence-electron chi connectivity index (χ2n) is 6.31. The molecule has 0 saturated heterocycles. The molecule has 0 radical (unpaired) electrons. The van der Waals surface area contributed by atoms with Gasteiger partial charge in [0.2, 0.25) is 0 Å². The van der Waals surface area contributed by atoms with Crippen LogP contribution < -0.4 is 5.32 Å². The largest absolute Gasteiger partial charge is 0.508 e. The van der Waals surface area contributed by atoms with Gasteiger partial charge in [0.05, 0.1) is 0 Å². The second kappa shape index (κ2) is 5.57. The molecular formula is C16H25NO. The number of nitrogens with one attached hydrogen (secondary N) is 1. The smallest absolute Gasteiger partial charge is 0.115 e. The van der Waals surface area contributed by atoms with Crippen LogP contribution in [0.1, 0.15) is 33.3 Å². The fourth-order valence-corrected chi connectivity index (χ4v) is 1.81. The van der Waals surface area contributed by atoms with E-state index < -0.39 is 0 Å². The maximum Gasteiger partial charge on any atom is 0.115 e. The van der Waals surface area contributed by atoms with Crippen molar-refractivity contribution in [2.45, 2.75) is 39.7 Å². The lowest BCUT2D eigenvalue weighted by Gasteiger charge is -2.31. The van der Waals surface area contributed by atoms with Gasteiger partial charge in [-0.2, -0.15) is 0 Å². The van der Waals surface area contributed by atoms with Crippen molar-refractivity contribution in [2.24, 2.45) is 5.41 Å². The molecule has 0 aliphatic carbocycles. The van der Waals surface area contributed by atoms with Crippen molar-refractivity contribution in [3.8, 4) is 5.75 Å². The Morgan fingerprint density at radius 2 is 1.94 bits per heavy atom. The molecule has 1 aromatic rings. The highest BCUT2D eigenvalue weighted by Gasteiger charge is 2.23. The monoisotopic (exact) mass is 247 g/mol. The van der Waals surface area contributed by atoms with Crippen molar-refractivity contribution < 1.29 is 5.11 Å². The number of hydrogen-bond donors (Lipinski definition) is 2. The molecule has 0 spiro atoms. The number of phenolic OH excluding ortho intramolecular Hbond substituents is 1. The zero-order valence-corrected chi connectivity index (χ0v) is 12.0. The number of aromatic hydroxyl groups is 1. The minimum absolute atomic E-state index is 0.0128. The van der Waals surface area contributed by atoms with Crippen molar-refractivity contribution in [3.05, 3.63) is 42.5 Å². The SMILES string of the molecule is C=CC(C)(CNC(C)(C)C)Cc1cccc(O)c1. The Balaban J connectivity index is 2.73. The normalized spacial score (nSPS) is 15.1. The average molecular weight is 247 g/mol. The first-order valence-corrected chi connectivity index (χ1v) is 6.41. The summed E-state index contributed by atoms with van der Waals surface area (Å²) in [7, 11) is 0. The average Bonchev–Trinajstić information content (AvgIpc) is 2.26. The molecule has 2 heteroatoms. The van der Waals surface area contributed by atoms with Crippen LogP contribution in [0.5, 0.6) is 5.75 Å². The zero-order chi connectivity index (χ0) is 13.8. The van der Waals surface area contributed by atoms with Crippen LogP contribution in [-0.2, 0) is 6.42 Å². The van der Waals surface area contributed by atoms with Crippen molar-refractivity contribution in [1.29, 1.82) is 0 Å². The van der Waals surface area contributed by atoms with Crippen LogP contribution in [0.4, 0.5) is 0 Å². The van der Waals surface area contributed by atoms with Crippen molar-refractivity contribution in [3.63, 3.8) is 0 Å². The molecule has 0 aromatic heterocycles. The summed E-state index contributed by atoms with van der Waals surface area (Å²) < 4.78 is 0. The van der Waals surface area contributed by atoms with Gasteiger partial charge in [0.15, 0.2) is 0 Å². The van der Waals surface area contributed by atoms with Crippen molar-refractivity contribution in [2.75, 3.05) is 6.54 Å². The summed E-state index contributed by atoms with van der Waals surface area (Å²) in [5.41, 5.74) is 1.22. The highest BCUT2D eigenvalue weighted by Crippen LogP contribution is 2.25. The van der Waals surface area contributed by atoms with Gasteiger partial charge in [0.1, 0.15) is 5.75 Å². The minimum Gasteiger partial charge on any atom is -0.508 e. The van der Waals surface area contributed by atoms with E-state index in [-0.39, 0.29) is 11.0 Å². The van der Waals surface area contributed by atoms with Crippen LogP contribution in [0.25, 0.3) is 0 Å². The predicted octanol–water partition coefficient (Wildman–Crippen LogP) is 3.52. The number of hydrogen-bond acceptors (Lipinski definition) is 2. The van der Waals surface area contributed by atoms with E-state index in [0.29, 0.717) is 5.75 Å². The van der Waals surface area contributed by atoms with E-state index in [0.717, 1.165) is 18.5 Å². The van der Waals surface area contributed by atoms with Gasteiger partial charge in [0, 0.05) is 17.5 Å². The molecule has 0 aliphatic heterocycles. The van der Waals surface area contributed by atoms with E-state index in [4.69, 9.17) is 0 Å². The van der Waals surface area contributed by atoms with Crippen LogP contribution in [0.3, 0.4) is 0 Å². The Bertz CT molecular complexity index is 406. The predicted molar refractivity (Wildman–Crippen MR) is 77.9 cm³/mol. The molecule has 0 aliphatic rings. The molecule has 2 N–H and O–H groups in total. The van der Waals surface area contributed by atoms with Crippen LogP contribution in [0.15, 0.2) is 36.9 Å². The second-order valence-corrected chi connectivity index (χ2v) is 6.31. The lowest BCUT2D eigenvalue weighted by atomic mass is 9.83. The van der Waals surface area contributed by atoms with E-state index in [1.165, 1.54) is 0 Å². The van der Waals surface area contributed by atoms with Gasteiger partial charge in [-0.3, -0.25) is 0 Å². The summed E-state index contributed by atoms with van der Waals surface area (Å²) >= 11 is 0. The maximum absolute atomic E-state index is 9.50. The molecule has 1 unspecified atom stereocenters. The molecule has 1 atom stereocenters. The highest BCUT2D eigenvalue weighted by molar-refractivity contribution is 5.28. The van der Waals surface area contributed by atoms with Crippen LogP contribution in [-0.4, -0.2) is 17.2 Å². The Kier molecular flexibility index (Phi) is 4.58. The quantitative estimate of drug-likeness (QED) is 0.780. The van der Waals surface area contributed by atoms with Gasteiger partial charge < -0.3 is 10.4 Å². The van der Waals surface area contributed by atoms with E-state index in [1.54, 1.807) is 6.07 Å². The van der Waals surface area contributed by atoms with Gasteiger partial charge in [-0.25, -0.2) is 0 Å². The summed E-state index contributed by atoms with van der Waals surface area (Å²) in [6.07, 6.45) is 2.86. The summed E-state index contributed by atoms with van der Waals surface area (Å²) in [5, 5.41) is 13.0. The summed E-state index contributed by atoms with van der Waals surface area (Å²) in [4.78, 5) is 0. The molecular weight excluding hydrogens is 222 g/mol. The number of benzene rings is 1. The molecule has 18 heavy (non-hydrogen) atoms. The first kappa shape index (κ1) is 14.8. The van der Waals surface area contributed by atoms with Crippen LogP contribution >= 0.6 is 0 Å². The molecule has 1 rings (SSSR count). The van der Waals surface area contributed by atoms with E-state index in [9.17, 15) is 5.11 Å². The van der Waals surface area contributed by atoms with Crippen LogP contribution in [0.2, 0.25) is 0 Å². The van der Waals surface area contributed by atoms with Gasteiger partial charge in [-0.05, 0) is 44.9 Å². The summed E-state index contributed by atoms with van der Waals surface area (Å²) in [6, 6.07) is 7.44. The third kappa shape index (κ3) is 4.92. The number of phenols is 1. The maximum atomic E-state index is 9.50. The molecule has 0 saturated carbocycles. The third-order valence-electron chi connectivity index (χ3n) is 3.03. The Hall–Kier alpha value is -1.28. The van der Waals surface area contributed by atoms with Crippen molar-refractivity contribution >= 4 is 0 Å². The molecule has 0 fully saturated rings. The lowest BCUT2D eigenvalue weighted by Crippen LogP contribution is -2.43. The Morgan fingerprint density at radius 1 is 1.28 bits per heavy atom. The highest BCUT2D eigenvalue weighted by atomic mass is 16.3. The minimum atomic E-state index is -0.0128. The first-order valence-electron chi connectivity index (χ1n) is 6.41. The molecule has 0 amide bonds. The van der Waals surface area contributed by atoms with Gasteiger partial charge in [-0.15, -0.1) is 6.58 Å². The fraction of sp³-hybridized carbons (Fsp3) is 0.500. The van der Waals surface area contributed by atoms with E-state index in [2.05, 4.69) is 39.6 Å². The van der Waals surface area contributed by atoms with Gasteiger partial charge in [-0.1, -0.05) is 25.1 Å². The molecule has 0 bridgehead atoms. The summed E-state index contributed by atoms with van der Waals surface area (Å²) in [6.45, 7) is 13.5. The number of rotatable bonds is 5. The fourth-order valence-electron chi connectivity index (χ4n) is 1.81. The standard InChI is InChI=1S/C16H25NO/c1-6-16(5,12-17-15(2,3)4)11-13-8-7-9-14(18)10-13/h6-10,17-18H,1,11-12H2,2-5H3. The lowest BCUT2D eigenvalue weighted by molar-refractivity contribution is 0.322. The van der Waals surface area contributed by atoms with Gasteiger partial charge in [0.25, 0.3) is 0 Å². The van der Waals surface area contributed by atoms with Gasteiger partial charge >= 0.3 is 0 Å². The zero-order valence-electron chi connectivity index (χ0n) is 12.0. The summed E-state index contributed by atoms with van der Waals surface area (Å²) in [5.74, 6) is 0.322. The van der Waals surface area contributed by atoms with E-state index >= 15 is 0 Å². The third-order valence-corrected chi connectivity index (χ3v) is 3.03.